The highest BCUT2D eigenvalue weighted by Crippen LogP contribution is 2.69. The normalized spacial score (nSPS) is 35.9. The van der Waals surface area contributed by atoms with E-state index in [1.165, 1.54) is 20.8 Å². The van der Waals surface area contributed by atoms with Crippen molar-refractivity contribution in [3.8, 4) is 0 Å². The van der Waals surface area contributed by atoms with Gasteiger partial charge in [0.05, 0.1) is 0 Å². The Hall–Kier alpha value is -2.88. The highest BCUT2D eigenvalue weighted by molar-refractivity contribution is 7.86. The topological polar surface area (TPSA) is 186 Å². The van der Waals surface area contributed by atoms with E-state index in [1.807, 2.05) is 6.92 Å². The summed E-state index contributed by atoms with van der Waals surface area (Å²) >= 11 is 0. The second-order valence-electron chi connectivity index (χ2n) is 15.6. The van der Waals surface area contributed by atoms with E-state index in [0.717, 1.165) is 25.7 Å². The molecule has 0 bridgehead atoms. The second-order valence-corrected chi connectivity index (χ2v) is 17.1. The largest absolute Gasteiger partial charge is 0.463 e. The highest BCUT2D eigenvalue weighted by Gasteiger charge is 2.67. The molecule has 0 amide bonds. The number of fused-ring (bicyclic) bond motifs is 5. The van der Waals surface area contributed by atoms with Crippen molar-refractivity contribution in [2.75, 3.05) is 6.61 Å². The van der Waals surface area contributed by atoms with Crippen LogP contribution in [-0.4, -0.2) is 79.1 Å². The maximum Gasteiger partial charge on any atom is 0.405 e. The summed E-state index contributed by atoms with van der Waals surface area (Å²) in [6, 6.07) is 0. The molecule has 4 fully saturated rings. The summed E-state index contributed by atoms with van der Waals surface area (Å²) in [7, 11) is -5.84. The molecule has 51 heavy (non-hydrogen) atoms. The lowest BCUT2D eigenvalue weighted by atomic mass is 9.43. The molecule has 290 valence electrons. The fourth-order valence-electron chi connectivity index (χ4n) is 10.4. The van der Waals surface area contributed by atoms with Crippen molar-refractivity contribution in [3.05, 3.63) is 0 Å². The van der Waals surface area contributed by atoms with E-state index >= 15 is 0 Å². The van der Waals surface area contributed by atoms with E-state index in [0.29, 0.717) is 32.6 Å². The Morgan fingerprint density at radius 2 is 1.49 bits per heavy atom. The van der Waals surface area contributed by atoms with Crippen LogP contribution in [0.25, 0.3) is 0 Å². The molecule has 0 aromatic rings. The summed E-state index contributed by atoms with van der Waals surface area (Å²) in [5.74, 6) is -3.15. The summed E-state index contributed by atoms with van der Waals surface area (Å²) in [6.07, 6.45) is 1.65. The van der Waals surface area contributed by atoms with Crippen molar-refractivity contribution in [1.29, 1.82) is 0 Å². The van der Waals surface area contributed by atoms with E-state index in [4.69, 9.17) is 23.5 Å². The van der Waals surface area contributed by atoms with Gasteiger partial charge in [-0.2, -0.15) is 17.2 Å². The molecule has 4 unspecified atom stereocenters. The number of alkyl halides is 2. The monoisotopic (exact) mass is 750 g/mol. The molecule has 4 aliphatic rings. The molecule has 12 atom stereocenters. The van der Waals surface area contributed by atoms with E-state index in [1.54, 1.807) is 0 Å². The quantitative estimate of drug-likeness (QED) is 0.159. The summed E-state index contributed by atoms with van der Waals surface area (Å²) in [5, 5.41) is -4.75. The third-order valence-corrected chi connectivity index (χ3v) is 13.7. The van der Waals surface area contributed by atoms with Gasteiger partial charge in [-0.3, -0.25) is 23.7 Å². The molecule has 0 spiro atoms. The number of halogens is 2. The molecule has 1 N–H and O–H groups in total. The first-order chi connectivity index (χ1) is 23.5. The Balaban J connectivity index is 1.49. The summed E-state index contributed by atoms with van der Waals surface area (Å²) in [4.78, 5) is 61.4. The van der Waals surface area contributed by atoms with E-state index in [2.05, 4.69) is 18.6 Å². The van der Waals surface area contributed by atoms with Crippen LogP contribution in [0.3, 0.4) is 0 Å². The Kier molecular flexibility index (Phi) is 12.2. The minimum absolute atomic E-state index is 0.000927. The van der Waals surface area contributed by atoms with Crippen LogP contribution in [0.5, 0.6) is 0 Å². The molecular formula is C35H52F2O13S. The van der Waals surface area contributed by atoms with E-state index in [9.17, 15) is 41.2 Å². The van der Waals surface area contributed by atoms with Crippen molar-refractivity contribution in [1.82, 2.24) is 0 Å². The molecular weight excluding hydrogens is 698 g/mol. The zero-order chi connectivity index (χ0) is 38.3. The average Bonchev–Trinajstić information content (AvgIpc) is 3.36. The lowest BCUT2D eigenvalue weighted by Gasteiger charge is -2.64. The minimum Gasteiger partial charge on any atom is -0.463 e. The number of hydrogen-bond donors (Lipinski definition) is 1. The summed E-state index contributed by atoms with van der Waals surface area (Å²) < 4.78 is 85.0. The van der Waals surface area contributed by atoms with Crippen molar-refractivity contribution in [2.24, 2.45) is 46.3 Å². The molecule has 0 aliphatic heterocycles. The lowest BCUT2D eigenvalue weighted by molar-refractivity contribution is -0.224. The van der Waals surface area contributed by atoms with Gasteiger partial charge in [-0.25, -0.2) is 4.79 Å². The minimum atomic E-state index is -5.84. The predicted molar refractivity (Wildman–Crippen MR) is 174 cm³/mol. The first kappa shape index (κ1) is 40.9. The van der Waals surface area contributed by atoms with Crippen LogP contribution >= 0.6 is 0 Å². The Morgan fingerprint density at radius 1 is 0.863 bits per heavy atom. The van der Waals surface area contributed by atoms with Crippen LogP contribution in [0.15, 0.2) is 0 Å². The van der Waals surface area contributed by atoms with Gasteiger partial charge in [-0.15, -0.1) is 0 Å². The number of carbonyl (C=O) groups is 5. The molecule has 0 saturated heterocycles. The second kappa shape index (κ2) is 15.2. The van der Waals surface area contributed by atoms with Gasteiger partial charge < -0.3 is 23.7 Å². The van der Waals surface area contributed by atoms with Crippen LogP contribution < -0.4 is 0 Å². The number of rotatable bonds is 12. The van der Waals surface area contributed by atoms with Crippen molar-refractivity contribution < 1.29 is 69.4 Å². The summed E-state index contributed by atoms with van der Waals surface area (Å²) in [5.41, 5.74) is -0.683. The molecule has 0 aromatic heterocycles. The number of esters is 5. The van der Waals surface area contributed by atoms with E-state index in [-0.39, 0.29) is 71.5 Å². The van der Waals surface area contributed by atoms with Crippen molar-refractivity contribution in [2.45, 2.75) is 136 Å². The Labute approximate surface area is 297 Å². The first-order valence-electron chi connectivity index (χ1n) is 17.7. The smallest absolute Gasteiger partial charge is 0.405 e. The zero-order valence-electron chi connectivity index (χ0n) is 30.4. The van der Waals surface area contributed by atoms with Gasteiger partial charge >= 0.3 is 45.2 Å². The number of hydrogen-bond acceptors (Lipinski definition) is 12. The van der Waals surface area contributed by atoms with Gasteiger partial charge in [-0.1, -0.05) is 20.8 Å². The predicted octanol–water partition coefficient (Wildman–Crippen LogP) is 5.03. The molecule has 0 radical (unpaired) electrons. The molecule has 13 nitrogen and oxygen atoms in total. The van der Waals surface area contributed by atoms with Crippen molar-refractivity contribution in [3.63, 3.8) is 0 Å². The van der Waals surface area contributed by atoms with Crippen LogP contribution in [0.4, 0.5) is 8.78 Å². The Bertz CT molecular complexity index is 1470. The number of carbonyl (C=O) groups excluding carboxylic acids is 5. The van der Waals surface area contributed by atoms with Gasteiger partial charge in [0.25, 0.3) is 0 Å². The molecule has 4 rings (SSSR count). The van der Waals surface area contributed by atoms with Gasteiger partial charge in [0.2, 0.25) is 0 Å². The molecule has 16 heteroatoms. The molecule has 4 aliphatic carbocycles. The van der Waals surface area contributed by atoms with Crippen LogP contribution in [0.2, 0.25) is 0 Å². The third-order valence-electron chi connectivity index (χ3n) is 12.7. The van der Waals surface area contributed by atoms with Gasteiger partial charge in [-0.05, 0) is 93.3 Å². The average molecular weight is 751 g/mol. The SMILES string of the molecule is CC(=O)OC1CC[C@@]2(C)[C@@H](C1)CC(OC(C)=O)[C@@H]1[C@@H]2CC(OC(C)=O)[C@]2(C)[C@@H]([C@H](C)CCC(=O)OCC(=O)OC(C)C(F)(F)S(=O)(=O)O)CC[C@@H]12. The van der Waals surface area contributed by atoms with Gasteiger partial charge in [0.1, 0.15) is 18.3 Å². The summed E-state index contributed by atoms with van der Waals surface area (Å²) in [6.45, 7) is 10.1. The van der Waals surface area contributed by atoms with Crippen LogP contribution in [0.1, 0.15) is 106 Å². The first-order valence-corrected chi connectivity index (χ1v) is 19.2. The van der Waals surface area contributed by atoms with Crippen LogP contribution in [-0.2, 0) is 57.8 Å². The fraction of sp³-hybridized carbons (Fsp3) is 0.857. The third kappa shape index (κ3) is 8.36. The molecule has 4 saturated carbocycles. The van der Waals surface area contributed by atoms with Gasteiger partial charge in [0.15, 0.2) is 12.7 Å². The van der Waals surface area contributed by atoms with E-state index < -0.39 is 57.5 Å². The molecule has 0 aromatic carbocycles. The highest BCUT2D eigenvalue weighted by atomic mass is 32.2. The standard InChI is InChI=1S/C35H52F2O13S/c1-18(8-11-30(41)46-17-31(42)47-19(2)35(36,37)51(43,44)45)25-9-10-26-32-27(16-29(34(25,26)7)50-22(5)40)33(6)13-12-24(48-20(3)38)14-23(33)15-28(32)49-21(4)39/h18-19,23-29,32H,8-17H2,1-7H3,(H,43,44,45)/t18-,19?,23+,24?,25-,26+,27+,28?,29?,32+,33+,34-/m1/s1. The van der Waals surface area contributed by atoms with Crippen molar-refractivity contribution >= 4 is 40.0 Å². The van der Waals surface area contributed by atoms with Crippen LogP contribution in [0, 0.1) is 46.3 Å². The lowest BCUT2D eigenvalue weighted by Crippen LogP contribution is -2.63. The molecule has 0 heterocycles. The Morgan fingerprint density at radius 3 is 2.08 bits per heavy atom. The number of ether oxygens (including phenoxy) is 5. The maximum absolute atomic E-state index is 13.7. The zero-order valence-corrected chi connectivity index (χ0v) is 31.2. The maximum atomic E-state index is 13.7. The van der Waals surface area contributed by atoms with Gasteiger partial charge in [0, 0.05) is 38.5 Å². The fourth-order valence-corrected chi connectivity index (χ4v) is 10.9.